The molecule has 0 radical (unpaired) electrons. The fourth-order valence-electron chi connectivity index (χ4n) is 2.31. The van der Waals surface area contributed by atoms with Gasteiger partial charge >= 0.3 is 0 Å². The second kappa shape index (κ2) is 5.00. The normalized spacial score (nSPS) is 11.9. The Morgan fingerprint density at radius 1 is 1.24 bits per heavy atom. The van der Waals surface area contributed by atoms with E-state index in [0.29, 0.717) is 5.78 Å². The summed E-state index contributed by atoms with van der Waals surface area (Å²) in [6.45, 7) is 2.18. The molecule has 4 rings (SSSR count). The summed E-state index contributed by atoms with van der Waals surface area (Å²) in [4.78, 5) is 7.79. The largest absolute Gasteiger partial charge is 0.338 e. The number of fused-ring (bicyclic) bond motifs is 4. The topological polar surface area (TPSA) is 71.8 Å². The molecule has 0 saturated carbocycles. The van der Waals surface area contributed by atoms with Crippen LogP contribution in [0.5, 0.6) is 0 Å². The minimum Gasteiger partial charge on any atom is -0.338 e. The van der Waals surface area contributed by atoms with Crippen molar-refractivity contribution in [2.45, 2.75) is 24.9 Å². The number of benzene rings is 1. The lowest BCUT2D eigenvalue weighted by Gasteiger charge is -1.98. The Morgan fingerprint density at radius 2 is 2.14 bits per heavy atom. The average molecular weight is 298 g/mol. The molecule has 0 amide bonds. The van der Waals surface area contributed by atoms with Gasteiger partial charge in [0.15, 0.2) is 5.65 Å². The van der Waals surface area contributed by atoms with E-state index in [1.54, 1.807) is 16.3 Å². The second-order valence-electron chi connectivity index (χ2n) is 4.88. The molecule has 0 aliphatic rings. The van der Waals surface area contributed by atoms with E-state index >= 15 is 0 Å². The molecule has 6 nitrogen and oxygen atoms in total. The van der Waals surface area contributed by atoms with E-state index in [-0.39, 0.29) is 0 Å². The van der Waals surface area contributed by atoms with Gasteiger partial charge in [0.25, 0.3) is 5.78 Å². The number of nitrogens with one attached hydrogen (secondary N) is 1. The molecular weight excluding hydrogens is 284 g/mol. The maximum Gasteiger partial charge on any atom is 0.274 e. The Morgan fingerprint density at radius 3 is 3.05 bits per heavy atom. The molecule has 0 atom stereocenters. The van der Waals surface area contributed by atoms with Gasteiger partial charge in [-0.1, -0.05) is 43.3 Å². The highest BCUT2D eigenvalue weighted by Gasteiger charge is 2.13. The van der Waals surface area contributed by atoms with Crippen molar-refractivity contribution in [2.75, 3.05) is 5.75 Å². The SMILES string of the molecule is CCCCSc1nnc2nc3[nH]c4ccccc4c3nn12. The predicted octanol–water partition coefficient (Wildman–Crippen LogP) is 3.05. The Labute approximate surface area is 125 Å². The van der Waals surface area contributed by atoms with Gasteiger partial charge < -0.3 is 4.98 Å². The summed E-state index contributed by atoms with van der Waals surface area (Å²) in [6, 6.07) is 8.07. The van der Waals surface area contributed by atoms with Gasteiger partial charge in [0.2, 0.25) is 5.16 Å². The van der Waals surface area contributed by atoms with Gasteiger partial charge in [-0.2, -0.15) is 14.6 Å². The van der Waals surface area contributed by atoms with Crippen molar-refractivity contribution in [3.63, 3.8) is 0 Å². The first-order chi connectivity index (χ1) is 10.4. The number of thioether (sulfide) groups is 1. The Kier molecular flexibility index (Phi) is 2.99. The Bertz CT molecular complexity index is 925. The van der Waals surface area contributed by atoms with Gasteiger partial charge in [-0.05, 0) is 12.5 Å². The van der Waals surface area contributed by atoms with Gasteiger partial charge in [0.1, 0.15) is 5.52 Å². The van der Waals surface area contributed by atoms with E-state index in [4.69, 9.17) is 0 Å². The number of H-pyrrole nitrogens is 1. The maximum atomic E-state index is 4.68. The summed E-state index contributed by atoms with van der Waals surface area (Å²) >= 11 is 1.67. The molecule has 21 heavy (non-hydrogen) atoms. The highest BCUT2D eigenvalue weighted by atomic mass is 32.2. The Balaban J connectivity index is 1.89. The number of hydrogen-bond acceptors (Lipinski definition) is 5. The third-order valence-electron chi connectivity index (χ3n) is 3.40. The number of rotatable bonds is 4. The molecule has 106 valence electrons. The number of aromatic amines is 1. The van der Waals surface area contributed by atoms with Crippen LogP contribution in [0.25, 0.3) is 27.8 Å². The molecule has 0 spiro atoms. The zero-order valence-corrected chi connectivity index (χ0v) is 12.4. The van der Waals surface area contributed by atoms with E-state index < -0.39 is 0 Å². The lowest BCUT2D eigenvalue weighted by molar-refractivity contribution is 0.814. The zero-order chi connectivity index (χ0) is 14.2. The third-order valence-corrected chi connectivity index (χ3v) is 4.40. The summed E-state index contributed by atoms with van der Waals surface area (Å²) in [6.07, 6.45) is 2.32. The molecule has 1 N–H and O–H groups in total. The first-order valence-corrected chi connectivity index (χ1v) is 7.98. The molecule has 3 heterocycles. The summed E-state index contributed by atoms with van der Waals surface area (Å²) in [5.41, 5.74) is 2.64. The smallest absolute Gasteiger partial charge is 0.274 e. The number of nitrogens with zero attached hydrogens (tertiary/aromatic N) is 5. The van der Waals surface area contributed by atoms with Crippen LogP contribution in [0, 0.1) is 0 Å². The van der Waals surface area contributed by atoms with Gasteiger partial charge in [-0.15, -0.1) is 10.2 Å². The molecule has 4 aromatic rings. The minimum atomic E-state index is 0.535. The predicted molar refractivity (Wildman–Crippen MR) is 83.6 cm³/mol. The van der Waals surface area contributed by atoms with Crippen molar-refractivity contribution >= 4 is 39.6 Å². The number of aromatic nitrogens is 6. The molecule has 0 bridgehead atoms. The molecule has 7 heteroatoms. The van der Waals surface area contributed by atoms with Crippen LogP contribution in [0.1, 0.15) is 19.8 Å². The quantitative estimate of drug-likeness (QED) is 0.463. The van der Waals surface area contributed by atoms with E-state index in [1.165, 1.54) is 6.42 Å². The van der Waals surface area contributed by atoms with Crippen molar-refractivity contribution in [1.29, 1.82) is 0 Å². The van der Waals surface area contributed by atoms with E-state index in [2.05, 4.69) is 32.2 Å². The minimum absolute atomic E-state index is 0.535. The highest BCUT2D eigenvalue weighted by Crippen LogP contribution is 2.23. The van der Waals surface area contributed by atoms with Crippen molar-refractivity contribution in [1.82, 2.24) is 29.8 Å². The molecule has 1 aromatic carbocycles. The van der Waals surface area contributed by atoms with Crippen LogP contribution < -0.4 is 0 Å². The summed E-state index contributed by atoms with van der Waals surface area (Å²) in [7, 11) is 0. The van der Waals surface area contributed by atoms with Crippen LogP contribution in [0.4, 0.5) is 0 Å². The van der Waals surface area contributed by atoms with Gasteiger partial charge in [0, 0.05) is 16.7 Å². The van der Waals surface area contributed by atoms with Gasteiger partial charge in [-0.3, -0.25) is 0 Å². The van der Waals surface area contributed by atoms with Crippen LogP contribution in [0.2, 0.25) is 0 Å². The van der Waals surface area contributed by atoms with Crippen LogP contribution >= 0.6 is 11.8 Å². The first-order valence-electron chi connectivity index (χ1n) is 6.99. The van der Waals surface area contributed by atoms with Gasteiger partial charge in [0.05, 0.1) is 0 Å². The zero-order valence-electron chi connectivity index (χ0n) is 11.6. The molecule has 3 aromatic heterocycles. The molecule has 0 fully saturated rings. The lowest BCUT2D eigenvalue weighted by atomic mass is 10.2. The van der Waals surface area contributed by atoms with Crippen LogP contribution in [0.3, 0.4) is 0 Å². The molecule has 0 aliphatic heterocycles. The maximum absolute atomic E-state index is 4.68. The van der Waals surface area contributed by atoms with Crippen LogP contribution in [-0.2, 0) is 0 Å². The van der Waals surface area contributed by atoms with Crippen LogP contribution in [-0.4, -0.2) is 35.5 Å². The van der Waals surface area contributed by atoms with E-state index in [0.717, 1.165) is 39.4 Å². The van der Waals surface area contributed by atoms with Gasteiger partial charge in [-0.25, -0.2) is 0 Å². The standard InChI is InChI=1S/C14H14N6S/c1-2-3-8-21-14-18-17-13-16-12-11(19-20(13)14)9-6-4-5-7-10(9)15-12/h4-7H,2-3,8H2,1H3,(H,15,16,17). The second-order valence-corrected chi connectivity index (χ2v) is 5.94. The molecular formula is C14H14N6S. The molecule has 0 aliphatic carbocycles. The van der Waals surface area contributed by atoms with Crippen LogP contribution in [0.15, 0.2) is 29.4 Å². The fourth-order valence-corrected chi connectivity index (χ4v) is 3.27. The number of unbranched alkanes of at least 4 members (excludes halogenated alkanes) is 1. The third kappa shape index (κ3) is 2.04. The monoisotopic (exact) mass is 298 g/mol. The average Bonchev–Trinajstić information content (AvgIpc) is 3.06. The number of para-hydroxylation sites is 1. The summed E-state index contributed by atoms with van der Waals surface area (Å²) < 4.78 is 1.74. The lowest BCUT2D eigenvalue weighted by Crippen LogP contribution is -1.97. The van der Waals surface area contributed by atoms with Crippen molar-refractivity contribution in [3.8, 4) is 0 Å². The molecule has 0 unspecified atom stereocenters. The van der Waals surface area contributed by atoms with E-state index in [9.17, 15) is 0 Å². The number of hydrogen-bond donors (Lipinski definition) is 1. The van der Waals surface area contributed by atoms with E-state index in [1.807, 2.05) is 24.3 Å². The van der Waals surface area contributed by atoms with Crippen molar-refractivity contribution in [3.05, 3.63) is 24.3 Å². The molecule has 0 saturated heterocycles. The Hall–Kier alpha value is -2.15. The fraction of sp³-hybridized carbons (Fsp3) is 0.286. The van der Waals surface area contributed by atoms with Crippen molar-refractivity contribution < 1.29 is 0 Å². The first kappa shape index (κ1) is 12.6. The van der Waals surface area contributed by atoms with Crippen molar-refractivity contribution in [2.24, 2.45) is 0 Å². The summed E-state index contributed by atoms with van der Waals surface area (Å²) in [5, 5.41) is 14.9. The highest BCUT2D eigenvalue weighted by molar-refractivity contribution is 7.99. The summed E-state index contributed by atoms with van der Waals surface area (Å²) in [5.74, 6) is 1.55.